The summed E-state index contributed by atoms with van der Waals surface area (Å²) in [6.07, 6.45) is 12.7. The first-order valence-electron chi connectivity index (χ1n) is 13.3. The van der Waals surface area contributed by atoms with Crippen LogP contribution in [0.25, 0.3) is 0 Å². The molecule has 10 nitrogen and oxygen atoms in total. The molecule has 0 saturated carbocycles. The molecule has 0 fully saturated rings. The standard InChI is InChI=1S/C25H49N2O8P/c1-6-16-24(28)23(21-34-36(31,32)33-20-19-27(3,4)5)26-25(29)18-15-13-11-9-7-8-10-12-14-17-22(2)35-30/h6,16,23-24,28H,2,7-15,17-21H2,1,3-5H3,(H2-,26,29,30,31,32)/p+1/b16-6+/t23-,24+/m0/s1/i28T. The van der Waals surface area contributed by atoms with Crippen LogP contribution in [0.4, 0.5) is 0 Å². The van der Waals surface area contributed by atoms with E-state index in [4.69, 9.17) is 20.8 Å². The van der Waals surface area contributed by atoms with Crippen molar-refractivity contribution in [3.05, 3.63) is 24.5 Å². The Balaban J connectivity index is 4.32. The van der Waals surface area contributed by atoms with E-state index >= 15 is 0 Å². The van der Waals surface area contributed by atoms with Crippen molar-refractivity contribution in [2.75, 3.05) is 40.9 Å². The smallest absolute Gasteiger partial charge is 0.387 e. The first-order valence-corrected chi connectivity index (χ1v) is 14.4. The number of aliphatic hydroxyl groups excluding tert-OH is 1. The number of hydrogen-bond acceptors (Lipinski definition) is 7. The SMILES string of the molecule is [3H]O[C@H](/C=C/C)[C@H](COP(=O)(O)OCC[N+](C)(C)C)NC(=O)CCCCCCCCCCCC(=C)OO. The molecule has 0 aromatic heterocycles. The van der Waals surface area contributed by atoms with Crippen molar-refractivity contribution in [3.63, 3.8) is 0 Å². The van der Waals surface area contributed by atoms with Crippen molar-refractivity contribution in [1.29, 1.82) is 1.43 Å². The van der Waals surface area contributed by atoms with Crippen LogP contribution in [0.5, 0.6) is 0 Å². The Morgan fingerprint density at radius 3 is 2.11 bits per heavy atom. The summed E-state index contributed by atoms with van der Waals surface area (Å²) in [5, 5.41) is 15.9. The Labute approximate surface area is 218 Å². The van der Waals surface area contributed by atoms with Gasteiger partial charge in [0.05, 0.1) is 39.9 Å². The minimum Gasteiger partial charge on any atom is -0.387 e. The number of likely N-dealkylation sites (N-methyl/N-ethyl adjacent to an activating group) is 1. The number of aliphatic hydroxyl groups is 1. The number of hydrogen-bond donors (Lipinski definition) is 4. The third kappa shape index (κ3) is 20.9. The topological polar surface area (TPSA) is 135 Å². The minimum atomic E-state index is -4.32. The number of allylic oxidation sites excluding steroid dienone is 2. The zero-order valence-electron chi connectivity index (χ0n) is 23.7. The number of nitrogens with zero attached hydrogens (tertiary/aromatic N) is 1. The first kappa shape index (κ1) is 32.8. The van der Waals surface area contributed by atoms with Gasteiger partial charge < -0.3 is 24.7 Å². The highest BCUT2D eigenvalue weighted by atomic mass is 31.2. The summed E-state index contributed by atoms with van der Waals surface area (Å²) in [4.78, 5) is 26.5. The molecule has 0 aliphatic heterocycles. The Kier molecular flexibility index (Phi) is 18.0. The van der Waals surface area contributed by atoms with Crippen LogP contribution < -0.4 is 5.32 Å². The van der Waals surface area contributed by atoms with Gasteiger partial charge in [-0.05, 0) is 19.8 Å². The Morgan fingerprint density at radius 1 is 1.06 bits per heavy atom. The Morgan fingerprint density at radius 2 is 1.61 bits per heavy atom. The molecule has 0 bridgehead atoms. The van der Waals surface area contributed by atoms with Crippen LogP contribution in [-0.4, -0.2) is 80.1 Å². The van der Waals surface area contributed by atoms with Gasteiger partial charge in [0.1, 0.15) is 18.9 Å². The molecule has 0 spiro atoms. The van der Waals surface area contributed by atoms with Crippen LogP contribution in [0, 0.1) is 0 Å². The maximum absolute atomic E-state index is 12.5. The highest BCUT2D eigenvalue weighted by Crippen LogP contribution is 2.43. The highest BCUT2D eigenvalue weighted by molar-refractivity contribution is 7.47. The lowest BCUT2D eigenvalue weighted by molar-refractivity contribution is -0.870. The second kappa shape index (κ2) is 19.8. The average molecular weight is 540 g/mol. The van der Waals surface area contributed by atoms with E-state index in [0.29, 0.717) is 29.6 Å². The van der Waals surface area contributed by atoms with Gasteiger partial charge in [0.2, 0.25) is 7.34 Å². The van der Waals surface area contributed by atoms with Gasteiger partial charge in [0.15, 0.2) is 0 Å². The summed E-state index contributed by atoms with van der Waals surface area (Å²) in [6.45, 7) is 5.55. The molecule has 0 rings (SSSR count). The Hall–Kier alpha value is -1.26. The van der Waals surface area contributed by atoms with E-state index in [1.165, 1.54) is 0 Å². The molecule has 0 aliphatic rings. The number of phosphoric ester groups is 1. The van der Waals surface area contributed by atoms with Crippen molar-refractivity contribution in [2.45, 2.75) is 89.7 Å². The zero-order chi connectivity index (χ0) is 28.2. The van der Waals surface area contributed by atoms with Crippen molar-refractivity contribution < 1.29 is 43.0 Å². The molecule has 0 heterocycles. The molecule has 1 unspecified atom stereocenters. The summed E-state index contributed by atoms with van der Waals surface area (Å²) in [5.41, 5.74) is 0. The molecule has 4 N–H and O–H groups in total. The highest BCUT2D eigenvalue weighted by Gasteiger charge is 2.27. The molecular weight excluding hydrogens is 487 g/mol. The molecule has 0 saturated heterocycles. The van der Waals surface area contributed by atoms with Crippen LogP contribution in [0.1, 0.15) is 77.6 Å². The molecule has 3 atom stereocenters. The predicted molar refractivity (Wildman–Crippen MR) is 141 cm³/mol. The van der Waals surface area contributed by atoms with Gasteiger partial charge in [-0.15, -0.1) is 0 Å². The summed E-state index contributed by atoms with van der Waals surface area (Å²) >= 11 is 0. The lowest BCUT2D eigenvalue weighted by Gasteiger charge is -2.25. The van der Waals surface area contributed by atoms with Gasteiger partial charge in [-0.25, -0.2) is 9.82 Å². The van der Waals surface area contributed by atoms with Gasteiger partial charge in [-0.3, -0.25) is 13.8 Å². The molecule has 212 valence electrons. The molecule has 0 aromatic rings. The quantitative estimate of drug-likeness (QED) is 0.0267. The number of rotatable bonds is 24. The summed E-state index contributed by atoms with van der Waals surface area (Å²) in [6, 6.07) is -0.815. The van der Waals surface area contributed by atoms with Crippen LogP contribution >= 0.6 is 7.82 Å². The molecule has 11 heteroatoms. The number of carbonyl (C=O) groups excluding carboxylic acids is 1. The predicted octanol–water partition coefficient (Wildman–Crippen LogP) is 4.54. The second-order valence-corrected chi connectivity index (χ2v) is 11.5. The fourth-order valence-corrected chi connectivity index (χ4v) is 4.09. The average Bonchev–Trinajstić information content (AvgIpc) is 2.82. The molecule has 1 amide bonds. The first-order chi connectivity index (χ1) is 17.4. The van der Waals surface area contributed by atoms with Gasteiger partial charge >= 0.3 is 7.82 Å². The number of unbranched alkanes of at least 4 members (excludes halogenated alkanes) is 8. The largest absolute Gasteiger partial charge is 0.472 e. The molecule has 0 radical (unpaired) electrons. The zero-order valence-corrected chi connectivity index (χ0v) is 23.5. The van der Waals surface area contributed by atoms with Gasteiger partial charge in [-0.1, -0.05) is 63.7 Å². The lowest BCUT2D eigenvalue weighted by Crippen LogP contribution is -2.45. The third-order valence-corrected chi connectivity index (χ3v) is 6.53. The number of quaternary nitrogens is 1. The normalized spacial score (nSPS) is 15.8. The van der Waals surface area contributed by atoms with E-state index in [2.05, 4.69) is 16.8 Å². The van der Waals surface area contributed by atoms with Crippen LogP contribution in [-0.2, 0) is 23.3 Å². The van der Waals surface area contributed by atoms with Gasteiger partial charge in [0.25, 0.3) is 0 Å². The number of carbonyl (C=O) groups is 1. The number of phosphoric acid groups is 1. The van der Waals surface area contributed by atoms with Crippen LogP contribution in [0.2, 0.25) is 0 Å². The van der Waals surface area contributed by atoms with E-state index in [1.807, 2.05) is 21.1 Å². The third-order valence-electron chi connectivity index (χ3n) is 5.55. The summed E-state index contributed by atoms with van der Waals surface area (Å²) < 4.78 is 30.3. The fourth-order valence-electron chi connectivity index (χ4n) is 3.35. The Bertz CT molecular complexity index is 703. The number of amides is 1. The minimum absolute atomic E-state index is 0.0394. The second-order valence-electron chi connectivity index (χ2n) is 10.1. The van der Waals surface area contributed by atoms with Gasteiger partial charge in [-0.2, -0.15) is 0 Å². The summed E-state index contributed by atoms with van der Waals surface area (Å²) in [7, 11) is 1.48. The molecule has 36 heavy (non-hydrogen) atoms. The van der Waals surface area contributed by atoms with E-state index in [1.54, 1.807) is 19.1 Å². The van der Waals surface area contributed by atoms with Crippen molar-refractivity contribution in [3.8, 4) is 0 Å². The maximum Gasteiger partial charge on any atom is 0.472 e. The van der Waals surface area contributed by atoms with Crippen molar-refractivity contribution in [2.24, 2.45) is 0 Å². The van der Waals surface area contributed by atoms with E-state index in [9.17, 15) is 14.3 Å². The van der Waals surface area contributed by atoms with Crippen LogP contribution in [0.3, 0.4) is 0 Å². The maximum atomic E-state index is 12.5. The molecule has 0 aromatic carbocycles. The van der Waals surface area contributed by atoms with Crippen molar-refractivity contribution >= 4 is 13.7 Å². The van der Waals surface area contributed by atoms with E-state index in [0.717, 1.165) is 57.8 Å². The number of nitrogens with one attached hydrogen (secondary N) is 1. The van der Waals surface area contributed by atoms with E-state index < -0.39 is 20.0 Å². The fraction of sp³-hybridized carbons (Fsp3) is 0.800. The summed E-state index contributed by atoms with van der Waals surface area (Å²) in [5.74, 6) is 0.174. The molecular formula is C25H50N2O8P+. The van der Waals surface area contributed by atoms with Crippen LogP contribution in [0.15, 0.2) is 24.5 Å². The van der Waals surface area contributed by atoms with E-state index in [-0.39, 0.29) is 19.1 Å². The van der Waals surface area contributed by atoms with Gasteiger partial charge in [0, 0.05) is 12.8 Å². The monoisotopic (exact) mass is 539 g/mol. The molecule has 0 aliphatic carbocycles. The van der Waals surface area contributed by atoms with Crippen molar-refractivity contribution in [1.82, 2.24) is 5.32 Å². The lowest BCUT2D eigenvalue weighted by atomic mass is 10.1.